The second-order valence-electron chi connectivity index (χ2n) is 2.48. The Morgan fingerprint density at radius 1 is 1.25 bits per heavy atom. The lowest BCUT2D eigenvalue weighted by atomic mass is 10.2. The van der Waals surface area contributed by atoms with Gasteiger partial charge in [0.15, 0.2) is 0 Å². The smallest absolute Gasteiger partial charge is 0.213 e. The number of nitrogens with zero attached hydrogens (tertiary/aromatic N) is 3. The molecule has 0 unspecified atom stereocenters. The molecule has 0 aromatic carbocycles. The van der Waals surface area contributed by atoms with E-state index in [1.807, 2.05) is 6.92 Å². The topological polar surface area (TPSA) is 38.7 Å². The van der Waals surface area contributed by atoms with Crippen LogP contribution in [-0.2, 0) is 0 Å². The highest BCUT2D eigenvalue weighted by Crippen LogP contribution is 2.12. The van der Waals surface area contributed by atoms with Crippen molar-refractivity contribution in [2.45, 2.75) is 6.92 Å². The van der Waals surface area contributed by atoms with Crippen molar-refractivity contribution in [1.82, 2.24) is 15.0 Å². The predicted octanol–water partition coefficient (Wildman–Crippen LogP) is 1.47. The highest BCUT2D eigenvalue weighted by Gasteiger charge is 2.00. The summed E-state index contributed by atoms with van der Waals surface area (Å²) >= 11 is 0. The van der Waals surface area contributed by atoms with Gasteiger partial charge in [0.05, 0.1) is 11.7 Å². The molecule has 0 fully saturated rings. The van der Waals surface area contributed by atoms with E-state index in [1.54, 1.807) is 0 Å². The van der Waals surface area contributed by atoms with Gasteiger partial charge in [-0.2, -0.15) is 4.39 Å². The van der Waals surface area contributed by atoms with E-state index in [1.165, 1.54) is 18.6 Å². The number of pyridine rings is 1. The quantitative estimate of drug-likeness (QED) is 0.552. The lowest BCUT2D eigenvalue weighted by Gasteiger charge is -1.97. The molecular formula is C8H6FN3. The number of halogens is 1. The van der Waals surface area contributed by atoms with E-state index in [0.29, 0.717) is 10.9 Å². The molecule has 0 aliphatic carbocycles. The fourth-order valence-electron chi connectivity index (χ4n) is 1.06. The normalized spacial score (nSPS) is 10.5. The van der Waals surface area contributed by atoms with E-state index in [-0.39, 0.29) is 0 Å². The third-order valence-electron chi connectivity index (χ3n) is 1.69. The molecule has 3 nitrogen and oxygen atoms in total. The van der Waals surface area contributed by atoms with Crippen molar-refractivity contribution in [2.24, 2.45) is 0 Å². The van der Waals surface area contributed by atoms with Crippen LogP contribution in [-0.4, -0.2) is 15.0 Å². The van der Waals surface area contributed by atoms with Gasteiger partial charge in [0.1, 0.15) is 6.33 Å². The molecule has 4 heteroatoms. The van der Waals surface area contributed by atoms with Crippen LogP contribution >= 0.6 is 0 Å². The van der Waals surface area contributed by atoms with Crippen LogP contribution in [0.25, 0.3) is 10.9 Å². The summed E-state index contributed by atoms with van der Waals surface area (Å²) < 4.78 is 12.6. The van der Waals surface area contributed by atoms with Gasteiger partial charge in [-0.15, -0.1) is 0 Å². The summed E-state index contributed by atoms with van der Waals surface area (Å²) in [7, 11) is 0. The number of fused-ring (bicyclic) bond motifs is 1. The molecule has 2 rings (SSSR count). The zero-order valence-electron chi connectivity index (χ0n) is 6.45. The van der Waals surface area contributed by atoms with Crippen molar-refractivity contribution in [3.63, 3.8) is 0 Å². The highest BCUT2D eigenvalue weighted by atomic mass is 19.1. The Labute approximate surface area is 68.3 Å². The molecule has 0 N–H and O–H groups in total. The Bertz CT molecular complexity index is 428. The van der Waals surface area contributed by atoms with Gasteiger partial charge in [0, 0.05) is 17.1 Å². The van der Waals surface area contributed by atoms with E-state index in [9.17, 15) is 4.39 Å². The van der Waals surface area contributed by atoms with Gasteiger partial charge in [0.2, 0.25) is 5.95 Å². The maximum atomic E-state index is 12.6. The maximum Gasteiger partial charge on any atom is 0.213 e. The molecule has 0 aliphatic rings. The number of aromatic nitrogens is 3. The minimum Gasteiger partial charge on any atom is -0.241 e. The van der Waals surface area contributed by atoms with Crippen molar-refractivity contribution in [3.8, 4) is 0 Å². The van der Waals surface area contributed by atoms with Gasteiger partial charge in [0.25, 0.3) is 0 Å². The van der Waals surface area contributed by atoms with E-state index in [2.05, 4.69) is 15.0 Å². The summed E-state index contributed by atoms with van der Waals surface area (Å²) in [5.74, 6) is -0.500. The van der Waals surface area contributed by atoms with Crippen LogP contribution in [0.3, 0.4) is 0 Å². The van der Waals surface area contributed by atoms with Crippen LogP contribution in [0.4, 0.5) is 4.39 Å². The summed E-state index contributed by atoms with van der Waals surface area (Å²) in [5.41, 5.74) is 1.44. The first kappa shape index (κ1) is 7.09. The van der Waals surface area contributed by atoms with Gasteiger partial charge in [-0.05, 0) is 6.92 Å². The second kappa shape index (κ2) is 2.48. The average molecular weight is 163 g/mol. The van der Waals surface area contributed by atoms with Gasteiger partial charge in [-0.3, -0.25) is 0 Å². The number of hydrogen-bond donors (Lipinski definition) is 0. The maximum absolute atomic E-state index is 12.6. The molecule has 2 aromatic rings. The zero-order valence-corrected chi connectivity index (χ0v) is 6.45. The predicted molar refractivity (Wildman–Crippen MR) is 42.0 cm³/mol. The number of rotatable bonds is 0. The molecule has 0 spiro atoms. The minimum atomic E-state index is -0.500. The van der Waals surface area contributed by atoms with Crippen LogP contribution in [0.2, 0.25) is 0 Å². The first-order valence-electron chi connectivity index (χ1n) is 3.50. The SMILES string of the molecule is Cc1ncnc2cnc(F)cc12. The minimum absolute atomic E-state index is 0.500. The van der Waals surface area contributed by atoms with E-state index < -0.39 is 5.95 Å². The monoisotopic (exact) mass is 163 g/mol. The Morgan fingerprint density at radius 3 is 2.92 bits per heavy atom. The van der Waals surface area contributed by atoms with Crippen molar-refractivity contribution in [2.75, 3.05) is 0 Å². The highest BCUT2D eigenvalue weighted by molar-refractivity contribution is 5.79. The molecule has 0 bridgehead atoms. The summed E-state index contributed by atoms with van der Waals surface area (Å²) in [6.45, 7) is 1.81. The second-order valence-corrected chi connectivity index (χ2v) is 2.48. The van der Waals surface area contributed by atoms with E-state index in [0.717, 1.165) is 5.69 Å². The van der Waals surface area contributed by atoms with Gasteiger partial charge < -0.3 is 0 Å². The van der Waals surface area contributed by atoms with Crippen molar-refractivity contribution in [1.29, 1.82) is 0 Å². The summed E-state index contributed by atoms with van der Waals surface area (Å²) in [5, 5.41) is 0.713. The van der Waals surface area contributed by atoms with Crippen molar-refractivity contribution < 1.29 is 4.39 Å². The summed E-state index contributed by atoms with van der Waals surface area (Å²) in [4.78, 5) is 11.4. The molecule has 0 aliphatic heterocycles. The Kier molecular flexibility index (Phi) is 1.46. The van der Waals surface area contributed by atoms with E-state index >= 15 is 0 Å². The largest absolute Gasteiger partial charge is 0.241 e. The zero-order chi connectivity index (χ0) is 8.55. The van der Waals surface area contributed by atoms with Gasteiger partial charge >= 0.3 is 0 Å². The third kappa shape index (κ3) is 1.01. The average Bonchev–Trinajstić information content (AvgIpc) is 2.07. The molecule has 2 aromatic heterocycles. The molecule has 0 atom stereocenters. The first-order valence-corrected chi connectivity index (χ1v) is 3.50. The van der Waals surface area contributed by atoms with Crippen LogP contribution in [0.5, 0.6) is 0 Å². The number of aryl methyl sites for hydroxylation is 1. The van der Waals surface area contributed by atoms with Crippen molar-refractivity contribution in [3.05, 3.63) is 30.2 Å². The van der Waals surface area contributed by atoms with Crippen LogP contribution in [0, 0.1) is 12.9 Å². The molecule has 0 saturated carbocycles. The third-order valence-corrected chi connectivity index (χ3v) is 1.69. The fourth-order valence-corrected chi connectivity index (χ4v) is 1.06. The summed E-state index contributed by atoms with van der Waals surface area (Å²) in [6.07, 6.45) is 2.84. The lowest BCUT2D eigenvalue weighted by molar-refractivity contribution is 0.586. The van der Waals surface area contributed by atoms with Crippen molar-refractivity contribution >= 4 is 10.9 Å². The van der Waals surface area contributed by atoms with Gasteiger partial charge in [-0.1, -0.05) is 0 Å². The van der Waals surface area contributed by atoms with E-state index in [4.69, 9.17) is 0 Å². The molecule has 60 valence electrons. The molecule has 0 saturated heterocycles. The van der Waals surface area contributed by atoms with Gasteiger partial charge in [-0.25, -0.2) is 15.0 Å². The molecule has 0 amide bonds. The molecule has 12 heavy (non-hydrogen) atoms. The number of hydrogen-bond acceptors (Lipinski definition) is 3. The fraction of sp³-hybridized carbons (Fsp3) is 0.125. The standard InChI is InChI=1S/C8H6FN3/c1-5-6-2-8(9)10-3-7(6)12-4-11-5/h2-4H,1H3. The Balaban J connectivity index is 2.88. The lowest BCUT2D eigenvalue weighted by Crippen LogP contribution is -1.90. The Morgan fingerprint density at radius 2 is 2.08 bits per heavy atom. The van der Waals surface area contributed by atoms with Crippen LogP contribution < -0.4 is 0 Å². The Hall–Kier alpha value is -1.58. The molecule has 0 radical (unpaired) electrons. The van der Waals surface area contributed by atoms with Crippen LogP contribution in [0.15, 0.2) is 18.6 Å². The molecule has 2 heterocycles. The molecular weight excluding hydrogens is 157 g/mol. The van der Waals surface area contributed by atoms with Crippen LogP contribution in [0.1, 0.15) is 5.69 Å². The first-order chi connectivity index (χ1) is 5.77. The summed E-state index contributed by atoms with van der Waals surface area (Å²) in [6, 6.07) is 1.34.